The van der Waals surface area contributed by atoms with Crippen molar-refractivity contribution in [1.82, 2.24) is 0 Å². The van der Waals surface area contributed by atoms with Crippen molar-refractivity contribution in [2.24, 2.45) is 0 Å². The summed E-state index contributed by atoms with van der Waals surface area (Å²) in [7, 11) is -2.15. The molecule has 0 heterocycles. The molecule has 0 unspecified atom stereocenters. The van der Waals surface area contributed by atoms with Crippen LogP contribution in [-0.2, 0) is 5.88 Å². The molecule has 0 N–H and O–H groups in total. The lowest BCUT2D eigenvalue weighted by molar-refractivity contribution is 0.492. The van der Waals surface area contributed by atoms with Crippen molar-refractivity contribution in [2.75, 3.05) is 0 Å². The van der Waals surface area contributed by atoms with Gasteiger partial charge in [-0.1, -0.05) is 124 Å². The molecule has 0 aromatic heterocycles. The van der Waals surface area contributed by atoms with E-state index in [0.717, 1.165) is 11.3 Å². The molecule has 0 saturated carbocycles. The third-order valence-electron chi connectivity index (χ3n) is 6.30. The SMILES string of the molecule is CC(C)(C)[Si](C)(C)Oc1ccc(CCl)cc1.c1ccc(P(c2ccccc2)c2ccccc2)cc1. The molecule has 0 bridgehead atoms. The minimum atomic E-state index is -1.71. The van der Waals surface area contributed by atoms with Crippen molar-refractivity contribution in [1.29, 1.82) is 0 Å². The molecule has 35 heavy (non-hydrogen) atoms. The zero-order chi connectivity index (χ0) is 25.3. The maximum absolute atomic E-state index is 6.16. The van der Waals surface area contributed by atoms with Crippen molar-refractivity contribution in [2.45, 2.75) is 44.8 Å². The lowest BCUT2D eigenvalue weighted by Crippen LogP contribution is -2.43. The molecular weight excluding hydrogens is 483 g/mol. The van der Waals surface area contributed by atoms with Crippen molar-refractivity contribution in [3.63, 3.8) is 0 Å². The monoisotopic (exact) mass is 518 g/mol. The van der Waals surface area contributed by atoms with E-state index < -0.39 is 16.2 Å². The van der Waals surface area contributed by atoms with Gasteiger partial charge in [0.1, 0.15) is 5.75 Å². The van der Waals surface area contributed by atoms with Crippen LogP contribution < -0.4 is 20.3 Å². The number of alkyl halides is 1. The first-order valence-corrected chi connectivity index (χ1v) is 16.8. The molecule has 0 aliphatic heterocycles. The van der Waals surface area contributed by atoms with Crippen LogP contribution in [0.5, 0.6) is 5.75 Å². The smallest absolute Gasteiger partial charge is 0.250 e. The molecule has 4 aromatic rings. The second-order valence-corrected chi connectivity index (χ2v) is 17.2. The van der Waals surface area contributed by atoms with E-state index in [9.17, 15) is 0 Å². The highest BCUT2D eigenvalue weighted by Crippen LogP contribution is 2.37. The van der Waals surface area contributed by atoms with Crippen LogP contribution in [0.2, 0.25) is 18.1 Å². The Bertz CT molecular complexity index is 1050. The lowest BCUT2D eigenvalue weighted by Gasteiger charge is -2.36. The summed E-state index contributed by atoms with van der Waals surface area (Å²) in [6.45, 7) is 11.2. The summed E-state index contributed by atoms with van der Waals surface area (Å²) in [4.78, 5) is 0. The van der Waals surface area contributed by atoms with E-state index in [4.69, 9.17) is 16.0 Å². The largest absolute Gasteiger partial charge is 0.544 e. The number of rotatable bonds is 6. The molecule has 0 aliphatic rings. The van der Waals surface area contributed by atoms with Gasteiger partial charge in [-0.3, -0.25) is 0 Å². The second-order valence-electron chi connectivity index (χ2n) is 9.98. The summed E-state index contributed by atoms with van der Waals surface area (Å²) >= 11 is 5.75. The third kappa shape index (κ3) is 7.80. The molecule has 182 valence electrons. The Hall–Kier alpha value is -2.38. The standard InChI is InChI=1S/C18H15P.C13H21ClOSi/c1-4-10-16(11-5-1)19(17-12-6-2-7-13-17)18-14-8-3-9-15-18;1-13(2,3)16(4,5)15-12-8-6-11(10-14)7-9-12/h1-15H;6-9H,10H2,1-5H3. The fourth-order valence-corrected chi connectivity index (χ4v) is 6.79. The van der Waals surface area contributed by atoms with Crippen molar-refractivity contribution >= 4 is 43.8 Å². The molecule has 0 spiro atoms. The first-order chi connectivity index (χ1) is 16.7. The van der Waals surface area contributed by atoms with Gasteiger partial charge in [-0.25, -0.2) is 0 Å². The number of halogens is 1. The second kappa shape index (κ2) is 12.5. The first kappa shape index (κ1) is 27.2. The van der Waals surface area contributed by atoms with Crippen LogP contribution in [-0.4, -0.2) is 8.32 Å². The lowest BCUT2D eigenvalue weighted by atomic mass is 10.2. The van der Waals surface area contributed by atoms with Crippen molar-refractivity contribution < 1.29 is 4.43 Å². The van der Waals surface area contributed by atoms with Gasteiger partial charge in [0.2, 0.25) is 8.32 Å². The molecule has 0 amide bonds. The van der Waals surface area contributed by atoms with Crippen molar-refractivity contribution in [3.8, 4) is 5.75 Å². The highest BCUT2D eigenvalue weighted by molar-refractivity contribution is 7.79. The average Bonchev–Trinajstić information content (AvgIpc) is 2.86. The normalized spacial score (nSPS) is 11.5. The highest BCUT2D eigenvalue weighted by atomic mass is 35.5. The van der Waals surface area contributed by atoms with Gasteiger partial charge in [-0.05, 0) is 59.7 Å². The topological polar surface area (TPSA) is 9.23 Å². The zero-order valence-electron chi connectivity index (χ0n) is 21.4. The molecule has 0 saturated heterocycles. The van der Waals surface area contributed by atoms with Crippen LogP contribution in [0.4, 0.5) is 0 Å². The summed E-state index contributed by atoms with van der Waals surface area (Å²) in [5.41, 5.74) is 1.13. The van der Waals surface area contributed by atoms with Crippen LogP contribution in [0.3, 0.4) is 0 Å². The van der Waals surface area contributed by atoms with E-state index in [0.29, 0.717) is 5.88 Å². The Morgan fingerprint density at radius 2 is 1.00 bits per heavy atom. The Morgan fingerprint density at radius 1 is 0.629 bits per heavy atom. The summed E-state index contributed by atoms with van der Waals surface area (Å²) in [6.07, 6.45) is 0. The minimum absolute atomic E-state index is 0.234. The number of hydrogen-bond acceptors (Lipinski definition) is 1. The third-order valence-corrected chi connectivity index (χ3v) is 13.4. The van der Waals surface area contributed by atoms with Crippen LogP contribution in [0, 0.1) is 0 Å². The Balaban J connectivity index is 0.000000199. The highest BCUT2D eigenvalue weighted by Gasteiger charge is 2.38. The maximum atomic E-state index is 6.16. The van der Waals surface area contributed by atoms with E-state index in [1.807, 2.05) is 24.3 Å². The van der Waals surface area contributed by atoms with Crippen LogP contribution in [0.15, 0.2) is 115 Å². The van der Waals surface area contributed by atoms with Crippen LogP contribution in [0.25, 0.3) is 0 Å². The Kier molecular flexibility index (Phi) is 9.75. The maximum Gasteiger partial charge on any atom is 0.250 e. The quantitative estimate of drug-likeness (QED) is 0.142. The van der Waals surface area contributed by atoms with Gasteiger partial charge in [0, 0.05) is 5.88 Å². The minimum Gasteiger partial charge on any atom is -0.544 e. The van der Waals surface area contributed by atoms with Gasteiger partial charge in [0.05, 0.1) is 0 Å². The van der Waals surface area contributed by atoms with Crippen LogP contribution >= 0.6 is 19.5 Å². The van der Waals surface area contributed by atoms with Gasteiger partial charge in [0.25, 0.3) is 0 Å². The van der Waals surface area contributed by atoms with E-state index in [-0.39, 0.29) is 5.04 Å². The first-order valence-electron chi connectivity index (χ1n) is 12.0. The molecule has 0 aliphatic carbocycles. The van der Waals surface area contributed by atoms with Gasteiger partial charge in [-0.15, -0.1) is 11.6 Å². The Morgan fingerprint density at radius 3 is 1.31 bits per heavy atom. The molecular formula is C31H36ClOPSi. The fourth-order valence-electron chi connectivity index (χ4n) is 3.27. The predicted molar refractivity (Wildman–Crippen MR) is 159 cm³/mol. The summed E-state index contributed by atoms with van der Waals surface area (Å²) in [5.74, 6) is 1.51. The van der Waals surface area contributed by atoms with Gasteiger partial charge < -0.3 is 4.43 Å². The van der Waals surface area contributed by atoms with E-state index >= 15 is 0 Å². The molecule has 1 nitrogen and oxygen atoms in total. The van der Waals surface area contributed by atoms with Crippen LogP contribution in [0.1, 0.15) is 26.3 Å². The molecule has 0 fully saturated rings. The summed E-state index contributed by atoms with van der Waals surface area (Å²) in [6, 6.07) is 40.4. The van der Waals surface area contributed by atoms with E-state index in [2.05, 4.69) is 125 Å². The van der Waals surface area contributed by atoms with E-state index in [1.54, 1.807) is 0 Å². The summed E-state index contributed by atoms with van der Waals surface area (Å²) in [5, 5.41) is 4.43. The Labute approximate surface area is 219 Å². The number of benzene rings is 4. The summed E-state index contributed by atoms with van der Waals surface area (Å²) < 4.78 is 6.16. The van der Waals surface area contributed by atoms with Crippen molar-refractivity contribution in [3.05, 3.63) is 121 Å². The molecule has 0 atom stereocenters. The molecule has 0 radical (unpaired) electrons. The van der Waals surface area contributed by atoms with Gasteiger partial charge in [0.15, 0.2) is 0 Å². The molecule has 4 rings (SSSR count). The predicted octanol–water partition coefficient (Wildman–Crippen LogP) is 8.25. The molecule has 4 aromatic carbocycles. The zero-order valence-corrected chi connectivity index (χ0v) is 24.1. The van der Waals surface area contributed by atoms with Gasteiger partial charge in [-0.2, -0.15) is 0 Å². The average molecular weight is 519 g/mol. The fraction of sp³-hybridized carbons (Fsp3) is 0.226. The van der Waals surface area contributed by atoms with Gasteiger partial charge >= 0.3 is 0 Å². The molecule has 4 heteroatoms. The number of hydrogen-bond donors (Lipinski definition) is 0. The van der Waals surface area contributed by atoms with E-state index in [1.165, 1.54) is 15.9 Å².